The lowest BCUT2D eigenvalue weighted by molar-refractivity contribution is -0.138. The van der Waals surface area contributed by atoms with Gasteiger partial charge in [0.1, 0.15) is 13.2 Å². The summed E-state index contributed by atoms with van der Waals surface area (Å²) >= 11 is 1.49. The first-order chi connectivity index (χ1) is 18.6. The molecular weight excluding hydrogens is 542 g/mol. The molecule has 0 aliphatic carbocycles. The van der Waals surface area contributed by atoms with Gasteiger partial charge in [0.15, 0.2) is 11.5 Å². The van der Waals surface area contributed by atoms with E-state index in [0.717, 1.165) is 34.8 Å². The maximum atomic E-state index is 12.7. The van der Waals surface area contributed by atoms with Crippen LogP contribution >= 0.6 is 11.3 Å². The van der Waals surface area contributed by atoms with Crippen LogP contribution in [0.15, 0.2) is 96.8 Å². The fourth-order valence-corrected chi connectivity index (χ4v) is 4.92. The molecule has 11 heteroatoms. The minimum absolute atomic E-state index is 0.484. The van der Waals surface area contributed by atoms with Crippen LogP contribution in [0.5, 0.6) is 11.5 Å². The minimum Gasteiger partial charge on any atom is -0.485 e. The minimum atomic E-state index is -4.34. The first kappa shape index (κ1) is 26.5. The van der Waals surface area contributed by atoms with E-state index in [-0.39, 0.29) is 0 Å². The molecule has 0 saturated heterocycles. The summed E-state index contributed by atoms with van der Waals surface area (Å²) in [6, 6.07) is 17.5. The molecule has 0 N–H and O–H groups in total. The van der Waals surface area contributed by atoms with Crippen LogP contribution < -0.4 is 9.47 Å². The quantitative estimate of drug-likeness (QED) is 0.206. The normalized spacial score (nSPS) is 13.1. The summed E-state index contributed by atoms with van der Waals surface area (Å²) in [5.74, 6) is 1.40. The predicted octanol–water partition coefficient (Wildman–Crippen LogP) is 8.49. The Morgan fingerprint density at radius 3 is 1.79 bits per heavy atom. The molecule has 2 aromatic carbocycles. The third-order valence-electron chi connectivity index (χ3n) is 5.85. The third-order valence-corrected chi connectivity index (χ3v) is 6.81. The number of aromatic nitrogens is 2. The van der Waals surface area contributed by atoms with Crippen LogP contribution in [0, 0.1) is 0 Å². The Balaban J connectivity index is 0.000000177. The Labute approximate surface area is 223 Å². The molecule has 202 valence electrons. The Morgan fingerprint density at radius 1 is 0.641 bits per heavy atom. The SMILES string of the molecule is FC(F)(F)c1ccc(-n2cccc2)cc1.FC(F)(F)c1ccc(-n2cccc2-c2scc3c2OCCO3)cc1. The maximum absolute atomic E-state index is 12.7. The van der Waals surface area contributed by atoms with E-state index < -0.39 is 23.5 Å². The van der Waals surface area contributed by atoms with Crippen molar-refractivity contribution in [3.63, 3.8) is 0 Å². The Morgan fingerprint density at radius 2 is 1.21 bits per heavy atom. The highest BCUT2D eigenvalue weighted by atomic mass is 32.1. The molecule has 4 nitrogen and oxygen atoms in total. The van der Waals surface area contributed by atoms with Gasteiger partial charge in [0.25, 0.3) is 0 Å². The van der Waals surface area contributed by atoms with Gasteiger partial charge in [0.2, 0.25) is 0 Å². The number of thiophene rings is 1. The number of halogens is 6. The lowest BCUT2D eigenvalue weighted by Gasteiger charge is -2.17. The number of hydrogen-bond donors (Lipinski definition) is 0. The predicted molar refractivity (Wildman–Crippen MR) is 136 cm³/mol. The molecule has 0 saturated carbocycles. The smallest absolute Gasteiger partial charge is 0.416 e. The van der Waals surface area contributed by atoms with Crippen molar-refractivity contribution in [2.75, 3.05) is 13.2 Å². The van der Waals surface area contributed by atoms with Gasteiger partial charge < -0.3 is 18.6 Å². The average Bonchev–Trinajstić information content (AvgIpc) is 3.69. The van der Waals surface area contributed by atoms with Gasteiger partial charge in [-0.3, -0.25) is 0 Å². The molecule has 4 heterocycles. The van der Waals surface area contributed by atoms with Crippen molar-refractivity contribution in [3.05, 3.63) is 108 Å². The number of hydrogen-bond acceptors (Lipinski definition) is 3. The molecule has 0 amide bonds. The van der Waals surface area contributed by atoms with Crippen LogP contribution in [0.3, 0.4) is 0 Å². The van der Waals surface area contributed by atoms with Gasteiger partial charge in [0.05, 0.1) is 21.7 Å². The van der Waals surface area contributed by atoms with Crippen LogP contribution in [0.2, 0.25) is 0 Å². The van der Waals surface area contributed by atoms with Gasteiger partial charge in [-0.1, -0.05) is 0 Å². The third kappa shape index (κ3) is 5.83. The van der Waals surface area contributed by atoms with Gasteiger partial charge in [-0.25, -0.2) is 0 Å². The molecule has 0 atom stereocenters. The zero-order chi connectivity index (χ0) is 27.6. The number of nitrogens with zero attached hydrogens (tertiary/aromatic N) is 2. The highest BCUT2D eigenvalue weighted by molar-refractivity contribution is 7.14. The van der Waals surface area contributed by atoms with Crippen LogP contribution in [0.4, 0.5) is 26.3 Å². The standard InChI is InChI=1S/C17H12F3NO2S.C11H8F3N/c18-17(19,20)11-3-5-12(6-4-11)21-7-1-2-13(21)16-15-14(10-24-16)22-8-9-23-15;12-11(13,14)9-3-5-10(6-4-9)15-7-1-2-8-15/h1-7,10H,8-9H2;1-8H. The van der Waals surface area contributed by atoms with Gasteiger partial charge in [-0.15, -0.1) is 11.3 Å². The fourth-order valence-electron chi connectivity index (χ4n) is 3.97. The Hall–Kier alpha value is -4.12. The average molecular weight is 563 g/mol. The van der Waals surface area contributed by atoms with Crippen molar-refractivity contribution >= 4 is 11.3 Å². The molecular formula is C28H20F6N2O2S. The van der Waals surface area contributed by atoms with Crippen molar-refractivity contribution < 1.29 is 35.8 Å². The van der Waals surface area contributed by atoms with E-state index in [4.69, 9.17) is 9.47 Å². The van der Waals surface area contributed by atoms with E-state index >= 15 is 0 Å². The topological polar surface area (TPSA) is 28.3 Å². The maximum Gasteiger partial charge on any atom is 0.416 e. The van der Waals surface area contributed by atoms with Crippen LogP contribution in [0.1, 0.15) is 11.1 Å². The molecule has 6 rings (SSSR count). The molecule has 5 aromatic rings. The van der Waals surface area contributed by atoms with Crippen LogP contribution in [-0.4, -0.2) is 22.3 Å². The Kier molecular flexibility index (Phi) is 7.17. The molecule has 0 radical (unpaired) electrons. The van der Waals surface area contributed by atoms with Crippen LogP contribution in [0.25, 0.3) is 21.9 Å². The lowest BCUT2D eigenvalue weighted by Crippen LogP contribution is -2.14. The van der Waals surface area contributed by atoms with E-state index in [2.05, 4.69) is 0 Å². The number of benzene rings is 2. The summed E-state index contributed by atoms with van der Waals surface area (Å²) in [5, 5.41) is 1.88. The molecule has 1 aliphatic heterocycles. The summed E-state index contributed by atoms with van der Waals surface area (Å²) in [7, 11) is 0. The highest BCUT2D eigenvalue weighted by Crippen LogP contribution is 2.46. The van der Waals surface area contributed by atoms with Crippen molar-refractivity contribution in [2.24, 2.45) is 0 Å². The molecule has 0 spiro atoms. The van der Waals surface area contributed by atoms with E-state index in [1.54, 1.807) is 17.0 Å². The summed E-state index contributed by atoms with van der Waals surface area (Å²) in [5.41, 5.74) is 0.935. The summed E-state index contributed by atoms with van der Waals surface area (Å²) in [4.78, 5) is 0.898. The Bertz CT molecular complexity index is 1520. The molecule has 3 aromatic heterocycles. The second-order valence-electron chi connectivity index (χ2n) is 8.40. The fraction of sp³-hybridized carbons (Fsp3) is 0.143. The number of ether oxygens (including phenoxy) is 2. The number of fused-ring (bicyclic) bond motifs is 1. The molecule has 39 heavy (non-hydrogen) atoms. The number of rotatable bonds is 3. The zero-order valence-corrected chi connectivity index (χ0v) is 20.9. The molecule has 0 unspecified atom stereocenters. The monoisotopic (exact) mass is 562 g/mol. The summed E-state index contributed by atoms with van der Waals surface area (Å²) in [6.07, 6.45) is -3.23. The molecule has 1 aliphatic rings. The molecule has 0 bridgehead atoms. The van der Waals surface area contributed by atoms with E-state index in [0.29, 0.717) is 36.1 Å². The van der Waals surface area contributed by atoms with Crippen LogP contribution in [-0.2, 0) is 12.4 Å². The van der Waals surface area contributed by atoms with Gasteiger partial charge >= 0.3 is 12.4 Å². The van der Waals surface area contributed by atoms with Gasteiger partial charge in [-0.2, -0.15) is 26.3 Å². The second-order valence-corrected chi connectivity index (χ2v) is 9.28. The zero-order valence-electron chi connectivity index (χ0n) is 20.0. The lowest BCUT2D eigenvalue weighted by atomic mass is 10.2. The number of alkyl halides is 6. The summed E-state index contributed by atoms with van der Waals surface area (Å²) < 4.78 is 89.8. The van der Waals surface area contributed by atoms with E-state index in [1.807, 2.05) is 40.4 Å². The van der Waals surface area contributed by atoms with E-state index in [9.17, 15) is 26.3 Å². The first-order valence-corrected chi connectivity index (χ1v) is 12.5. The van der Waals surface area contributed by atoms with Crippen molar-refractivity contribution in [2.45, 2.75) is 12.4 Å². The van der Waals surface area contributed by atoms with Crippen molar-refractivity contribution in [1.29, 1.82) is 0 Å². The van der Waals surface area contributed by atoms with E-state index in [1.165, 1.54) is 35.6 Å². The second kappa shape index (κ2) is 10.6. The largest absolute Gasteiger partial charge is 0.485 e. The van der Waals surface area contributed by atoms with Crippen molar-refractivity contribution in [3.8, 4) is 33.4 Å². The first-order valence-electron chi connectivity index (χ1n) is 11.6. The summed E-state index contributed by atoms with van der Waals surface area (Å²) in [6.45, 7) is 1.00. The molecule has 0 fully saturated rings. The highest BCUT2D eigenvalue weighted by Gasteiger charge is 2.31. The van der Waals surface area contributed by atoms with Gasteiger partial charge in [-0.05, 0) is 72.8 Å². The van der Waals surface area contributed by atoms with Gasteiger partial charge in [0, 0.05) is 35.3 Å². The van der Waals surface area contributed by atoms with Crippen molar-refractivity contribution in [1.82, 2.24) is 9.13 Å².